The van der Waals surface area contributed by atoms with Crippen molar-refractivity contribution in [1.82, 2.24) is 0 Å². The molecule has 2 nitrogen and oxygen atoms in total. The largest absolute Gasteiger partial charge is 0.310 e. The number of nitrogens with zero attached hydrogens (tertiary/aromatic N) is 2. The summed E-state index contributed by atoms with van der Waals surface area (Å²) >= 11 is 0. The maximum Gasteiger partial charge on any atom is 0.0470 e. The van der Waals surface area contributed by atoms with Crippen LogP contribution < -0.4 is 9.80 Å². The van der Waals surface area contributed by atoms with Crippen molar-refractivity contribution >= 4 is 66.4 Å². The van der Waals surface area contributed by atoms with Gasteiger partial charge < -0.3 is 9.80 Å². The molecule has 0 N–H and O–H groups in total. The highest BCUT2D eigenvalue weighted by Crippen LogP contribution is 2.42. The van der Waals surface area contributed by atoms with Gasteiger partial charge in [-0.1, -0.05) is 96.1 Å². The van der Waals surface area contributed by atoms with Crippen molar-refractivity contribution in [2.24, 2.45) is 0 Å². The number of hydrogen-bond acceptors (Lipinski definition) is 2. The molecule has 2 heteroatoms. The molecule has 0 aliphatic heterocycles. The van der Waals surface area contributed by atoms with Crippen LogP contribution in [0.25, 0.3) is 32.3 Å². The highest BCUT2D eigenvalue weighted by Gasteiger charge is 2.19. The summed E-state index contributed by atoms with van der Waals surface area (Å²) in [5.41, 5.74) is 11.9. The quantitative estimate of drug-likeness (QED) is 0.183. The number of benzene rings is 8. The zero-order valence-electron chi connectivity index (χ0n) is 27.9. The van der Waals surface area contributed by atoms with Gasteiger partial charge in [-0.05, 0) is 144 Å². The monoisotopic (exact) mass is 618 g/mol. The number of fused-ring (bicyclic) bond motifs is 3. The zero-order chi connectivity index (χ0) is 32.8. The van der Waals surface area contributed by atoms with Crippen molar-refractivity contribution in [3.63, 3.8) is 0 Å². The second-order valence-electron chi connectivity index (χ2n) is 13.0. The first kappa shape index (κ1) is 29.5. The molecule has 232 valence electrons. The predicted octanol–water partition coefficient (Wildman–Crippen LogP) is 13.3. The van der Waals surface area contributed by atoms with Crippen LogP contribution in [0.15, 0.2) is 158 Å². The molecule has 0 bridgehead atoms. The average molecular weight is 619 g/mol. The predicted molar refractivity (Wildman–Crippen MR) is 207 cm³/mol. The highest BCUT2D eigenvalue weighted by atomic mass is 15.1. The fraction of sp³-hybridized carbons (Fsp3) is 0.0870. The third-order valence-electron chi connectivity index (χ3n) is 9.54. The van der Waals surface area contributed by atoms with E-state index in [0.717, 1.165) is 34.1 Å². The van der Waals surface area contributed by atoms with Crippen LogP contribution in [0.2, 0.25) is 0 Å². The summed E-state index contributed by atoms with van der Waals surface area (Å²) in [5.74, 6) is 0. The Morgan fingerprint density at radius 2 is 0.646 bits per heavy atom. The first-order valence-corrected chi connectivity index (χ1v) is 16.7. The maximum absolute atomic E-state index is 2.39. The first-order valence-electron chi connectivity index (χ1n) is 16.7. The lowest BCUT2D eigenvalue weighted by Crippen LogP contribution is -2.11. The fourth-order valence-corrected chi connectivity index (χ4v) is 6.96. The number of aryl methyl sites for hydroxylation is 4. The van der Waals surface area contributed by atoms with Gasteiger partial charge >= 0.3 is 0 Å². The molecule has 0 aliphatic rings. The number of hydrogen-bond donors (Lipinski definition) is 0. The molecule has 0 atom stereocenters. The van der Waals surface area contributed by atoms with Gasteiger partial charge in [-0.15, -0.1) is 0 Å². The van der Waals surface area contributed by atoms with E-state index in [1.54, 1.807) is 0 Å². The molecule has 0 aliphatic carbocycles. The third kappa shape index (κ3) is 5.46. The van der Waals surface area contributed by atoms with Crippen molar-refractivity contribution in [3.05, 3.63) is 180 Å². The van der Waals surface area contributed by atoms with E-state index in [1.807, 2.05) is 0 Å². The Bertz CT molecular complexity index is 2260. The smallest absolute Gasteiger partial charge is 0.0470 e. The van der Waals surface area contributed by atoms with E-state index in [4.69, 9.17) is 0 Å². The Morgan fingerprint density at radius 3 is 1.04 bits per heavy atom. The Hall–Kier alpha value is -5.86. The van der Waals surface area contributed by atoms with Gasteiger partial charge in [-0.25, -0.2) is 0 Å². The molecule has 8 aromatic rings. The van der Waals surface area contributed by atoms with E-state index in [-0.39, 0.29) is 0 Å². The second kappa shape index (κ2) is 12.1. The lowest BCUT2D eigenvalue weighted by atomic mass is 9.97. The van der Waals surface area contributed by atoms with Gasteiger partial charge in [0.1, 0.15) is 0 Å². The topological polar surface area (TPSA) is 6.48 Å². The average Bonchev–Trinajstić information content (AvgIpc) is 3.10. The summed E-state index contributed by atoms with van der Waals surface area (Å²) in [6.45, 7) is 8.77. The van der Waals surface area contributed by atoms with Crippen molar-refractivity contribution in [2.45, 2.75) is 27.7 Å². The van der Waals surface area contributed by atoms with Gasteiger partial charge in [-0.3, -0.25) is 0 Å². The molecule has 0 spiro atoms. The summed E-state index contributed by atoms with van der Waals surface area (Å²) in [6.07, 6.45) is 0. The van der Waals surface area contributed by atoms with E-state index in [9.17, 15) is 0 Å². The van der Waals surface area contributed by atoms with E-state index < -0.39 is 0 Å². The molecular weight excluding hydrogens is 581 g/mol. The van der Waals surface area contributed by atoms with E-state index >= 15 is 0 Å². The normalized spacial score (nSPS) is 11.3. The minimum atomic E-state index is 1.14. The van der Waals surface area contributed by atoms with Crippen LogP contribution in [-0.2, 0) is 0 Å². The summed E-state index contributed by atoms with van der Waals surface area (Å²) in [4.78, 5) is 4.78. The van der Waals surface area contributed by atoms with Crippen LogP contribution >= 0.6 is 0 Å². The van der Waals surface area contributed by atoms with Crippen LogP contribution in [0, 0.1) is 27.7 Å². The molecule has 8 aromatic carbocycles. The van der Waals surface area contributed by atoms with E-state index in [1.165, 1.54) is 54.6 Å². The van der Waals surface area contributed by atoms with Crippen molar-refractivity contribution < 1.29 is 0 Å². The molecule has 48 heavy (non-hydrogen) atoms. The van der Waals surface area contributed by atoms with Crippen LogP contribution in [0.1, 0.15) is 22.3 Å². The lowest BCUT2D eigenvalue weighted by Gasteiger charge is -2.29. The van der Waals surface area contributed by atoms with Crippen molar-refractivity contribution in [1.29, 1.82) is 0 Å². The Balaban J connectivity index is 1.29. The van der Waals surface area contributed by atoms with Crippen molar-refractivity contribution in [2.75, 3.05) is 9.80 Å². The lowest BCUT2D eigenvalue weighted by molar-refractivity contribution is 1.26. The van der Waals surface area contributed by atoms with Gasteiger partial charge in [0.25, 0.3) is 0 Å². The zero-order valence-corrected chi connectivity index (χ0v) is 27.9. The SMILES string of the molecule is Cc1ccc(N(c2ccc3ccccc3c2)c2cc(C)c3cc(N(c4ccc(C)cc4)c4ccc5ccccc5c4)cc(C)c3c2)cc1. The highest BCUT2D eigenvalue weighted by molar-refractivity contribution is 5.99. The molecule has 0 amide bonds. The molecule has 8 rings (SSSR count). The van der Waals surface area contributed by atoms with Crippen LogP contribution in [-0.4, -0.2) is 0 Å². The van der Waals surface area contributed by atoms with Gasteiger partial charge in [0.05, 0.1) is 0 Å². The fourth-order valence-electron chi connectivity index (χ4n) is 6.96. The van der Waals surface area contributed by atoms with E-state index in [0.29, 0.717) is 0 Å². The number of anilines is 6. The van der Waals surface area contributed by atoms with Crippen molar-refractivity contribution in [3.8, 4) is 0 Å². The second-order valence-corrected chi connectivity index (χ2v) is 13.0. The molecule has 0 radical (unpaired) electrons. The Labute approximate surface area is 283 Å². The minimum absolute atomic E-state index is 1.14. The molecule has 0 saturated carbocycles. The van der Waals surface area contributed by atoms with Crippen LogP contribution in [0.4, 0.5) is 34.1 Å². The summed E-state index contributed by atoms with van der Waals surface area (Å²) in [7, 11) is 0. The number of rotatable bonds is 6. The molecule has 0 heterocycles. The summed E-state index contributed by atoms with van der Waals surface area (Å²) in [6, 6.07) is 57.8. The van der Waals surface area contributed by atoms with Gasteiger partial charge in [0.2, 0.25) is 0 Å². The maximum atomic E-state index is 2.39. The summed E-state index contributed by atoms with van der Waals surface area (Å²) in [5, 5.41) is 7.47. The molecule has 0 fully saturated rings. The standard InChI is InChI=1S/C46H38N2/c1-31-13-19-39(20-14-31)47(41-23-17-35-9-5-7-11-37(35)27-41)43-25-33(3)46-30-44(26-34(4)45(46)29-43)48(40-21-15-32(2)16-22-40)42-24-18-36-10-6-8-12-38(36)28-42/h5-30H,1-4H3. The Morgan fingerprint density at radius 1 is 0.292 bits per heavy atom. The van der Waals surface area contributed by atoms with E-state index in [2.05, 4.69) is 195 Å². The van der Waals surface area contributed by atoms with Crippen LogP contribution in [0.5, 0.6) is 0 Å². The van der Waals surface area contributed by atoms with Crippen LogP contribution in [0.3, 0.4) is 0 Å². The third-order valence-corrected chi connectivity index (χ3v) is 9.54. The molecule has 0 saturated heterocycles. The minimum Gasteiger partial charge on any atom is -0.310 e. The van der Waals surface area contributed by atoms with Gasteiger partial charge in [0, 0.05) is 34.1 Å². The van der Waals surface area contributed by atoms with Gasteiger partial charge in [-0.2, -0.15) is 0 Å². The van der Waals surface area contributed by atoms with Gasteiger partial charge in [0.15, 0.2) is 0 Å². The molecular formula is C46H38N2. The molecule has 0 unspecified atom stereocenters. The molecule has 0 aromatic heterocycles. The Kier molecular flexibility index (Phi) is 7.42. The summed E-state index contributed by atoms with van der Waals surface area (Å²) < 4.78 is 0. The first-order chi connectivity index (χ1) is 23.4.